The van der Waals surface area contributed by atoms with E-state index < -0.39 is 56.7 Å². The number of nitro groups is 1. The minimum absolute atomic E-state index is 0.0571. The molecule has 0 aromatic heterocycles. The SMILES string of the molecule is O=C(COC(=O)C1CCCN(S(=O)(=O)c2ccc(F)cc2)C1)Nc1ccc(F)c([N+](=O)[O-])c1. The maximum Gasteiger partial charge on any atom is 0.310 e. The molecule has 1 aliphatic rings. The first-order valence-corrected chi connectivity index (χ1v) is 11.2. The van der Waals surface area contributed by atoms with Gasteiger partial charge in [0.2, 0.25) is 15.8 Å². The predicted molar refractivity (Wildman–Crippen MR) is 111 cm³/mol. The van der Waals surface area contributed by atoms with Crippen LogP contribution in [-0.4, -0.2) is 49.2 Å². The minimum atomic E-state index is -3.94. The largest absolute Gasteiger partial charge is 0.455 e. The number of anilines is 1. The number of nitrogens with one attached hydrogen (secondary N) is 1. The average molecular weight is 483 g/mol. The van der Waals surface area contributed by atoms with E-state index in [2.05, 4.69) is 5.32 Å². The molecule has 13 heteroatoms. The summed E-state index contributed by atoms with van der Waals surface area (Å²) >= 11 is 0. The fraction of sp³-hybridized carbons (Fsp3) is 0.300. The highest BCUT2D eigenvalue weighted by molar-refractivity contribution is 7.89. The lowest BCUT2D eigenvalue weighted by Gasteiger charge is -2.30. The van der Waals surface area contributed by atoms with E-state index in [1.165, 1.54) is 0 Å². The van der Waals surface area contributed by atoms with Gasteiger partial charge in [-0.3, -0.25) is 19.7 Å². The standard InChI is InChI=1S/C20H19F2N3O7S/c21-14-3-6-16(7-4-14)33(30,31)24-9-1-2-13(11-24)20(27)32-12-19(26)23-15-5-8-17(22)18(10-15)25(28)29/h3-8,10,13H,1-2,9,11-12H2,(H,23,26). The highest BCUT2D eigenvalue weighted by Crippen LogP contribution is 2.25. The number of carbonyl (C=O) groups is 2. The van der Waals surface area contributed by atoms with Gasteiger partial charge in [0.15, 0.2) is 6.61 Å². The van der Waals surface area contributed by atoms with Crippen molar-refractivity contribution in [3.63, 3.8) is 0 Å². The van der Waals surface area contributed by atoms with Crippen LogP contribution in [0.2, 0.25) is 0 Å². The number of hydrogen-bond donors (Lipinski definition) is 1. The number of carbonyl (C=O) groups excluding carboxylic acids is 2. The van der Waals surface area contributed by atoms with Gasteiger partial charge in [-0.15, -0.1) is 0 Å². The third-order valence-electron chi connectivity index (χ3n) is 4.94. The number of piperidine rings is 1. The van der Waals surface area contributed by atoms with Crippen molar-refractivity contribution in [1.82, 2.24) is 4.31 Å². The molecule has 1 fully saturated rings. The molecule has 176 valence electrons. The summed E-state index contributed by atoms with van der Waals surface area (Å²) < 4.78 is 58.0. The Morgan fingerprint density at radius 3 is 2.55 bits per heavy atom. The first-order valence-electron chi connectivity index (χ1n) is 9.74. The topological polar surface area (TPSA) is 136 Å². The van der Waals surface area contributed by atoms with E-state index >= 15 is 0 Å². The summed E-state index contributed by atoms with van der Waals surface area (Å²) in [5.41, 5.74) is -0.882. The zero-order valence-corrected chi connectivity index (χ0v) is 17.9. The van der Waals surface area contributed by atoms with Crippen LogP contribution in [0, 0.1) is 27.7 Å². The van der Waals surface area contributed by atoms with Gasteiger partial charge in [-0.25, -0.2) is 12.8 Å². The molecule has 0 aliphatic carbocycles. The van der Waals surface area contributed by atoms with Crippen LogP contribution in [0.5, 0.6) is 0 Å². The molecule has 1 atom stereocenters. The van der Waals surface area contributed by atoms with Gasteiger partial charge in [-0.1, -0.05) is 0 Å². The number of nitro benzene ring substituents is 1. The summed E-state index contributed by atoms with van der Waals surface area (Å²) in [7, 11) is -3.94. The normalized spacial score (nSPS) is 16.7. The molecule has 1 heterocycles. The summed E-state index contributed by atoms with van der Waals surface area (Å²) in [5.74, 6) is -4.05. The number of rotatable bonds is 7. The highest BCUT2D eigenvalue weighted by atomic mass is 32.2. The second-order valence-corrected chi connectivity index (χ2v) is 9.17. The molecular weight excluding hydrogens is 464 g/mol. The van der Waals surface area contributed by atoms with Crippen molar-refractivity contribution in [3.8, 4) is 0 Å². The Morgan fingerprint density at radius 1 is 1.18 bits per heavy atom. The lowest BCUT2D eigenvalue weighted by atomic mass is 10.00. The maximum absolute atomic E-state index is 13.4. The quantitative estimate of drug-likeness (QED) is 0.363. The molecule has 10 nitrogen and oxygen atoms in total. The summed E-state index contributed by atoms with van der Waals surface area (Å²) in [5, 5.41) is 13.0. The maximum atomic E-state index is 13.4. The third-order valence-corrected chi connectivity index (χ3v) is 6.82. The summed E-state index contributed by atoms with van der Waals surface area (Å²) in [6.07, 6.45) is 0.728. The molecule has 1 saturated heterocycles. The van der Waals surface area contributed by atoms with Crippen LogP contribution in [-0.2, 0) is 24.3 Å². The number of esters is 1. The number of amides is 1. The monoisotopic (exact) mass is 483 g/mol. The fourth-order valence-corrected chi connectivity index (χ4v) is 4.81. The molecular formula is C20H19F2N3O7S. The minimum Gasteiger partial charge on any atom is -0.455 e. The first-order chi connectivity index (χ1) is 15.6. The van der Waals surface area contributed by atoms with Gasteiger partial charge < -0.3 is 10.1 Å². The Bertz CT molecular complexity index is 1170. The van der Waals surface area contributed by atoms with Crippen molar-refractivity contribution in [2.45, 2.75) is 17.7 Å². The van der Waals surface area contributed by atoms with Crippen LogP contribution < -0.4 is 5.32 Å². The van der Waals surface area contributed by atoms with Gasteiger partial charge in [-0.2, -0.15) is 8.70 Å². The Morgan fingerprint density at radius 2 is 1.88 bits per heavy atom. The Balaban J connectivity index is 1.57. The second kappa shape index (κ2) is 10.0. The number of nitrogens with zero attached hydrogens (tertiary/aromatic N) is 2. The molecule has 0 saturated carbocycles. The number of hydrogen-bond acceptors (Lipinski definition) is 7. The van der Waals surface area contributed by atoms with Gasteiger partial charge in [0.1, 0.15) is 5.82 Å². The molecule has 2 aromatic carbocycles. The summed E-state index contributed by atoms with van der Waals surface area (Å²) in [4.78, 5) is 34.1. The summed E-state index contributed by atoms with van der Waals surface area (Å²) in [6, 6.07) is 7.08. The van der Waals surface area contributed by atoms with Gasteiger partial charge in [0.25, 0.3) is 5.91 Å². The van der Waals surface area contributed by atoms with Crippen LogP contribution in [0.3, 0.4) is 0 Å². The van der Waals surface area contributed by atoms with E-state index in [-0.39, 0.29) is 23.7 Å². The van der Waals surface area contributed by atoms with Crippen molar-refractivity contribution < 1.29 is 36.4 Å². The van der Waals surface area contributed by atoms with E-state index in [1.807, 2.05) is 0 Å². The molecule has 1 N–H and O–H groups in total. The predicted octanol–water partition coefficient (Wildman–Crippen LogP) is 2.46. The second-order valence-electron chi connectivity index (χ2n) is 7.24. The molecule has 2 aromatic rings. The van der Waals surface area contributed by atoms with E-state index in [1.54, 1.807) is 0 Å². The summed E-state index contributed by atoms with van der Waals surface area (Å²) in [6.45, 7) is -0.705. The van der Waals surface area contributed by atoms with Gasteiger partial charge in [0.05, 0.1) is 15.7 Å². The van der Waals surface area contributed by atoms with Gasteiger partial charge >= 0.3 is 11.7 Å². The van der Waals surface area contributed by atoms with Crippen LogP contribution in [0.4, 0.5) is 20.2 Å². The Kier molecular flexibility index (Phi) is 7.33. The molecule has 1 unspecified atom stereocenters. The molecule has 1 aliphatic heterocycles. The molecule has 0 radical (unpaired) electrons. The zero-order valence-electron chi connectivity index (χ0n) is 17.1. The number of benzene rings is 2. The zero-order chi connectivity index (χ0) is 24.2. The lowest BCUT2D eigenvalue weighted by molar-refractivity contribution is -0.387. The number of sulfonamides is 1. The molecule has 3 rings (SSSR count). The fourth-order valence-electron chi connectivity index (χ4n) is 3.29. The van der Waals surface area contributed by atoms with Crippen LogP contribution in [0.1, 0.15) is 12.8 Å². The third kappa shape index (κ3) is 5.87. The molecule has 1 amide bonds. The molecule has 33 heavy (non-hydrogen) atoms. The van der Waals surface area contributed by atoms with E-state index in [9.17, 15) is 36.9 Å². The van der Waals surface area contributed by atoms with Crippen molar-refractivity contribution in [2.75, 3.05) is 25.0 Å². The number of halogens is 2. The van der Waals surface area contributed by atoms with Crippen molar-refractivity contribution in [1.29, 1.82) is 0 Å². The Hall–Kier alpha value is -3.45. The molecule has 0 bridgehead atoms. The number of ether oxygens (including phenoxy) is 1. The van der Waals surface area contributed by atoms with Crippen molar-refractivity contribution >= 4 is 33.3 Å². The van der Waals surface area contributed by atoms with Gasteiger partial charge in [0, 0.05) is 24.8 Å². The van der Waals surface area contributed by atoms with Crippen LogP contribution in [0.25, 0.3) is 0 Å². The smallest absolute Gasteiger partial charge is 0.310 e. The van der Waals surface area contributed by atoms with Crippen LogP contribution >= 0.6 is 0 Å². The van der Waals surface area contributed by atoms with E-state index in [0.29, 0.717) is 12.8 Å². The van der Waals surface area contributed by atoms with Gasteiger partial charge in [-0.05, 0) is 49.2 Å². The first kappa shape index (κ1) is 24.2. The van der Waals surface area contributed by atoms with E-state index in [4.69, 9.17) is 4.74 Å². The van der Waals surface area contributed by atoms with E-state index in [0.717, 1.165) is 46.8 Å². The van der Waals surface area contributed by atoms with Crippen molar-refractivity contribution in [2.24, 2.45) is 5.92 Å². The highest BCUT2D eigenvalue weighted by Gasteiger charge is 2.34. The van der Waals surface area contributed by atoms with Crippen LogP contribution in [0.15, 0.2) is 47.4 Å². The molecule has 0 spiro atoms. The Labute approximate surface area is 187 Å². The average Bonchev–Trinajstić information content (AvgIpc) is 2.79. The van der Waals surface area contributed by atoms with Crippen molar-refractivity contribution in [3.05, 3.63) is 64.2 Å². The lowest BCUT2D eigenvalue weighted by Crippen LogP contribution is -2.43.